The van der Waals surface area contributed by atoms with Crippen molar-refractivity contribution in [3.05, 3.63) is 29.8 Å². The Kier molecular flexibility index (Phi) is 5.91. The largest absolute Gasteiger partial charge is 0.441 e. The van der Waals surface area contributed by atoms with Gasteiger partial charge in [-0.25, -0.2) is 13.1 Å². The third-order valence-corrected chi connectivity index (χ3v) is 4.73. The lowest BCUT2D eigenvalue weighted by atomic mass is 10.0. The molecular weight excluding hydrogens is 311 g/mol. The van der Waals surface area contributed by atoms with Crippen LogP contribution in [0, 0.1) is 0 Å². The Morgan fingerprint density at radius 1 is 1.20 bits per heavy atom. The number of thioether (sulfide) groups is 1. The molecule has 1 aromatic rings. The molecule has 1 aromatic carbocycles. The molecule has 0 saturated heterocycles. The summed E-state index contributed by atoms with van der Waals surface area (Å²) in [5.41, 5.74) is -3.35. The van der Waals surface area contributed by atoms with Crippen LogP contribution in [0.5, 0.6) is 0 Å². The molecule has 0 aliphatic rings. The summed E-state index contributed by atoms with van der Waals surface area (Å²) in [5.74, 6) is -0.0739. The Labute approximate surface area is 121 Å². The third-order valence-electron chi connectivity index (χ3n) is 2.52. The second-order valence-electron chi connectivity index (χ2n) is 4.42. The second kappa shape index (κ2) is 6.82. The number of nitrogens with one attached hydrogen (secondary N) is 1. The molecule has 0 aliphatic carbocycles. The molecule has 0 aliphatic heterocycles. The van der Waals surface area contributed by atoms with Crippen molar-refractivity contribution in [1.29, 1.82) is 0 Å². The van der Waals surface area contributed by atoms with Gasteiger partial charge in [0.05, 0.1) is 4.90 Å². The molecule has 0 fully saturated rings. The number of hydrogen-bond acceptors (Lipinski definition) is 3. The van der Waals surface area contributed by atoms with E-state index in [4.69, 9.17) is 0 Å². The van der Waals surface area contributed by atoms with E-state index < -0.39 is 15.5 Å². The summed E-state index contributed by atoms with van der Waals surface area (Å²) in [7, 11) is -3.75. The van der Waals surface area contributed by atoms with Gasteiger partial charge in [-0.05, 0) is 35.4 Å². The van der Waals surface area contributed by atoms with Gasteiger partial charge in [0.2, 0.25) is 10.0 Å². The maximum absolute atomic E-state index is 11.9. The van der Waals surface area contributed by atoms with Crippen molar-refractivity contribution in [2.75, 3.05) is 12.3 Å². The monoisotopic (exact) mass is 327 g/mol. The minimum atomic E-state index is -4.34. The highest BCUT2D eigenvalue weighted by Crippen LogP contribution is 2.29. The molecule has 0 radical (unpaired) electrons. The molecule has 114 valence electrons. The highest BCUT2D eigenvalue weighted by molar-refractivity contribution is 8.00. The Morgan fingerprint density at radius 2 is 1.75 bits per heavy atom. The lowest BCUT2D eigenvalue weighted by molar-refractivity contribution is -0.0327. The first-order valence-corrected chi connectivity index (χ1v) is 8.39. The van der Waals surface area contributed by atoms with E-state index in [-0.39, 0.29) is 34.9 Å². The average Bonchev–Trinajstić information content (AvgIpc) is 2.34. The molecular formula is C12H16F3NO2S2. The number of benzene rings is 1. The molecule has 0 atom stereocenters. The van der Waals surface area contributed by atoms with Crippen molar-refractivity contribution in [3.8, 4) is 0 Å². The Morgan fingerprint density at radius 3 is 2.20 bits per heavy atom. The minimum absolute atomic E-state index is 0.0545. The second-order valence-corrected chi connectivity index (χ2v) is 7.34. The van der Waals surface area contributed by atoms with Gasteiger partial charge in [-0.15, -0.1) is 0 Å². The summed E-state index contributed by atoms with van der Waals surface area (Å²) in [6.07, 6.45) is 0. The van der Waals surface area contributed by atoms with Gasteiger partial charge in [-0.1, -0.05) is 26.0 Å². The van der Waals surface area contributed by atoms with E-state index in [1.807, 2.05) is 13.8 Å². The highest BCUT2D eigenvalue weighted by atomic mass is 32.2. The molecule has 3 nitrogen and oxygen atoms in total. The normalized spacial score (nSPS) is 12.9. The van der Waals surface area contributed by atoms with Crippen molar-refractivity contribution in [2.24, 2.45) is 0 Å². The summed E-state index contributed by atoms with van der Waals surface area (Å²) < 4.78 is 61.5. The average molecular weight is 327 g/mol. The minimum Gasteiger partial charge on any atom is -0.210 e. The summed E-state index contributed by atoms with van der Waals surface area (Å²) in [4.78, 5) is 0.0545. The zero-order valence-corrected chi connectivity index (χ0v) is 12.7. The van der Waals surface area contributed by atoms with Crippen LogP contribution < -0.4 is 4.72 Å². The number of halogens is 3. The van der Waals surface area contributed by atoms with Crippen LogP contribution in [0.2, 0.25) is 0 Å². The molecule has 0 bridgehead atoms. The van der Waals surface area contributed by atoms with Crippen molar-refractivity contribution < 1.29 is 21.6 Å². The van der Waals surface area contributed by atoms with E-state index in [2.05, 4.69) is 4.72 Å². The molecule has 8 heteroatoms. The van der Waals surface area contributed by atoms with Crippen LogP contribution in [0.3, 0.4) is 0 Å². The third kappa shape index (κ3) is 5.72. The number of hydrogen-bond donors (Lipinski definition) is 1. The molecule has 0 spiro atoms. The van der Waals surface area contributed by atoms with Crippen molar-refractivity contribution >= 4 is 21.8 Å². The van der Waals surface area contributed by atoms with Crippen LogP contribution in [0.4, 0.5) is 13.2 Å². The van der Waals surface area contributed by atoms with Crippen LogP contribution in [0.1, 0.15) is 25.3 Å². The Hall–Kier alpha value is -0.730. The molecule has 0 saturated carbocycles. The topological polar surface area (TPSA) is 46.2 Å². The zero-order chi connectivity index (χ0) is 15.4. The molecule has 0 aromatic heterocycles. The standard InChI is InChI=1S/C12H16F3NO2S2/c1-9(2)10-3-5-11(6-4-10)20(17,18)16-7-8-19-12(13,14)15/h3-6,9,16H,7-8H2,1-2H3. The van der Waals surface area contributed by atoms with Crippen LogP contribution >= 0.6 is 11.8 Å². The number of rotatable bonds is 6. The summed E-state index contributed by atoms with van der Waals surface area (Å²) in [5, 5.41) is 0. The first kappa shape index (κ1) is 17.3. The smallest absolute Gasteiger partial charge is 0.210 e. The molecule has 0 amide bonds. The molecule has 0 heterocycles. The SMILES string of the molecule is CC(C)c1ccc(S(=O)(=O)NCCSC(F)(F)F)cc1. The molecule has 20 heavy (non-hydrogen) atoms. The molecule has 0 unspecified atom stereocenters. The molecule has 1 rings (SSSR count). The van der Waals surface area contributed by atoms with E-state index in [0.29, 0.717) is 0 Å². The van der Waals surface area contributed by atoms with Gasteiger partial charge < -0.3 is 0 Å². The number of sulfonamides is 1. The fourth-order valence-electron chi connectivity index (χ4n) is 1.46. The molecule has 1 N–H and O–H groups in total. The first-order valence-electron chi connectivity index (χ1n) is 5.92. The van der Waals surface area contributed by atoms with Crippen molar-refractivity contribution in [1.82, 2.24) is 4.72 Å². The van der Waals surface area contributed by atoms with Gasteiger partial charge in [-0.3, -0.25) is 0 Å². The van der Waals surface area contributed by atoms with E-state index >= 15 is 0 Å². The van der Waals surface area contributed by atoms with Crippen LogP contribution in [-0.4, -0.2) is 26.2 Å². The predicted octanol–water partition coefficient (Wildman–Crippen LogP) is 3.34. The summed E-state index contributed by atoms with van der Waals surface area (Å²) >= 11 is -0.251. The lowest BCUT2D eigenvalue weighted by Crippen LogP contribution is -2.26. The van der Waals surface area contributed by atoms with E-state index in [0.717, 1.165) is 5.56 Å². The van der Waals surface area contributed by atoms with E-state index in [1.165, 1.54) is 12.1 Å². The van der Waals surface area contributed by atoms with Gasteiger partial charge in [0, 0.05) is 12.3 Å². The van der Waals surface area contributed by atoms with Crippen LogP contribution in [-0.2, 0) is 10.0 Å². The first-order chi connectivity index (χ1) is 9.12. The summed E-state index contributed by atoms with van der Waals surface area (Å²) in [6.45, 7) is 3.70. The van der Waals surface area contributed by atoms with E-state index in [1.54, 1.807) is 12.1 Å². The van der Waals surface area contributed by atoms with Gasteiger partial charge in [0.15, 0.2) is 0 Å². The highest BCUT2D eigenvalue weighted by Gasteiger charge is 2.27. The van der Waals surface area contributed by atoms with Gasteiger partial charge >= 0.3 is 5.51 Å². The van der Waals surface area contributed by atoms with Gasteiger partial charge in [0.1, 0.15) is 0 Å². The van der Waals surface area contributed by atoms with Crippen LogP contribution in [0.15, 0.2) is 29.2 Å². The predicted molar refractivity (Wildman–Crippen MR) is 74.2 cm³/mol. The van der Waals surface area contributed by atoms with Crippen molar-refractivity contribution in [3.63, 3.8) is 0 Å². The fourth-order valence-corrected chi connectivity index (χ4v) is 3.05. The summed E-state index contributed by atoms with van der Waals surface area (Å²) in [6, 6.07) is 6.30. The van der Waals surface area contributed by atoms with Gasteiger partial charge in [0.25, 0.3) is 0 Å². The Balaban J connectivity index is 2.60. The zero-order valence-electron chi connectivity index (χ0n) is 11.1. The maximum atomic E-state index is 11.9. The number of alkyl halides is 3. The lowest BCUT2D eigenvalue weighted by Gasteiger charge is -2.09. The van der Waals surface area contributed by atoms with Gasteiger partial charge in [-0.2, -0.15) is 13.2 Å². The maximum Gasteiger partial charge on any atom is 0.441 e. The quantitative estimate of drug-likeness (QED) is 0.815. The fraction of sp³-hybridized carbons (Fsp3) is 0.500. The van der Waals surface area contributed by atoms with Crippen molar-refractivity contribution in [2.45, 2.75) is 30.2 Å². The van der Waals surface area contributed by atoms with E-state index in [9.17, 15) is 21.6 Å². The Bertz CT molecular complexity index is 525. The van der Waals surface area contributed by atoms with Crippen LogP contribution in [0.25, 0.3) is 0 Å².